The van der Waals surface area contributed by atoms with Gasteiger partial charge in [-0.15, -0.1) is 0 Å². The Morgan fingerprint density at radius 2 is 1.95 bits per heavy atom. The summed E-state index contributed by atoms with van der Waals surface area (Å²) in [4.78, 5) is 2.62. The Balaban J connectivity index is 1.50. The lowest BCUT2D eigenvalue weighted by atomic mass is 9.57. The van der Waals surface area contributed by atoms with Gasteiger partial charge in [-0.3, -0.25) is 0 Å². The fourth-order valence-corrected chi connectivity index (χ4v) is 4.56. The predicted octanol–water partition coefficient (Wildman–Crippen LogP) is 2.26. The number of nitrogens with one attached hydrogen (secondary N) is 1. The number of nitrogens with zero attached hydrogens (tertiary/aromatic N) is 1. The molecule has 3 nitrogen and oxygen atoms in total. The minimum absolute atomic E-state index is 0.335. The van der Waals surface area contributed by atoms with E-state index in [1.807, 2.05) is 0 Å². The number of piperidine rings is 1. The van der Waals surface area contributed by atoms with Crippen LogP contribution in [0.3, 0.4) is 0 Å². The van der Waals surface area contributed by atoms with E-state index in [1.165, 1.54) is 45.3 Å². The molecule has 0 spiro atoms. The molecule has 2 aliphatic heterocycles. The topological polar surface area (TPSA) is 24.5 Å². The van der Waals surface area contributed by atoms with Gasteiger partial charge in [-0.1, -0.05) is 20.8 Å². The van der Waals surface area contributed by atoms with Crippen molar-refractivity contribution in [3.8, 4) is 0 Å². The lowest BCUT2D eigenvalue weighted by molar-refractivity contribution is -0.116. The maximum Gasteiger partial charge on any atom is 0.0685 e. The second-order valence-electron chi connectivity index (χ2n) is 7.33. The summed E-state index contributed by atoms with van der Waals surface area (Å²) in [7, 11) is 0. The second kappa shape index (κ2) is 5.34. The zero-order valence-electron chi connectivity index (χ0n) is 12.8. The van der Waals surface area contributed by atoms with Gasteiger partial charge >= 0.3 is 0 Å². The molecule has 0 amide bonds. The predicted molar refractivity (Wildman–Crippen MR) is 78.3 cm³/mol. The largest absolute Gasteiger partial charge is 0.377 e. The molecule has 3 aliphatic rings. The van der Waals surface area contributed by atoms with Gasteiger partial charge < -0.3 is 15.0 Å². The number of likely N-dealkylation sites (tertiary alicyclic amines) is 1. The van der Waals surface area contributed by atoms with Gasteiger partial charge in [0.05, 0.1) is 6.10 Å². The van der Waals surface area contributed by atoms with Crippen LogP contribution >= 0.6 is 0 Å². The molecule has 3 heteroatoms. The molecule has 3 fully saturated rings. The first kappa shape index (κ1) is 13.8. The summed E-state index contributed by atoms with van der Waals surface area (Å²) in [6.45, 7) is 11.9. The molecule has 0 radical (unpaired) electrons. The van der Waals surface area contributed by atoms with Crippen LogP contribution in [-0.2, 0) is 4.74 Å². The Labute approximate surface area is 118 Å². The summed E-state index contributed by atoms with van der Waals surface area (Å²) in [5.74, 6) is 0.781. The molecular weight excluding hydrogens is 236 g/mol. The van der Waals surface area contributed by atoms with E-state index in [0.717, 1.165) is 18.6 Å². The van der Waals surface area contributed by atoms with Crippen LogP contribution in [0.5, 0.6) is 0 Å². The van der Waals surface area contributed by atoms with Crippen molar-refractivity contribution in [3.63, 3.8) is 0 Å². The first-order valence-corrected chi connectivity index (χ1v) is 8.23. The summed E-state index contributed by atoms with van der Waals surface area (Å²) < 4.78 is 5.89. The standard InChI is InChI=1S/C16H30N2O/c1-4-8-18-9-5-12(6-10-18)17-14-13-7-11-19-15(13)16(14,2)3/h12-15,17H,4-11H2,1-3H3/t13-,14+,15+/m0/s1. The first-order chi connectivity index (χ1) is 9.13. The average Bonchev–Trinajstić information content (AvgIpc) is 2.85. The van der Waals surface area contributed by atoms with Gasteiger partial charge in [0, 0.05) is 30.0 Å². The van der Waals surface area contributed by atoms with Gasteiger partial charge in [0.2, 0.25) is 0 Å². The van der Waals surface area contributed by atoms with Crippen molar-refractivity contribution >= 4 is 0 Å². The van der Waals surface area contributed by atoms with Crippen LogP contribution < -0.4 is 5.32 Å². The molecule has 0 bridgehead atoms. The van der Waals surface area contributed by atoms with E-state index in [-0.39, 0.29) is 0 Å². The molecule has 1 N–H and O–H groups in total. The third kappa shape index (κ3) is 2.45. The van der Waals surface area contributed by atoms with E-state index in [2.05, 4.69) is 31.0 Å². The Morgan fingerprint density at radius 3 is 2.63 bits per heavy atom. The van der Waals surface area contributed by atoms with Crippen molar-refractivity contribution in [3.05, 3.63) is 0 Å². The molecule has 0 aromatic heterocycles. The third-order valence-electron chi connectivity index (χ3n) is 5.64. The van der Waals surface area contributed by atoms with Gasteiger partial charge in [-0.25, -0.2) is 0 Å². The summed E-state index contributed by atoms with van der Waals surface area (Å²) in [5, 5.41) is 3.97. The van der Waals surface area contributed by atoms with E-state index in [4.69, 9.17) is 4.74 Å². The highest BCUT2D eigenvalue weighted by Gasteiger charge is 2.59. The van der Waals surface area contributed by atoms with Gasteiger partial charge in [-0.2, -0.15) is 0 Å². The quantitative estimate of drug-likeness (QED) is 0.845. The molecule has 3 atom stereocenters. The van der Waals surface area contributed by atoms with Crippen LogP contribution in [0.4, 0.5) is 0 Å². The molecule has 1 aliphatic carbocycles. The number of ether oxygens (including phenoxy) is 1. The van der Waals surface area contributed by atoms with Crippen molar-refractivity contribution in [2.24, 2.45) is 11.3 Å². The molecule has 0 unspecified atom stereocenters. The smallest absolute Gasteiger partial charge is 0.0685 e. The molecule has 0 aromatic rings. The van der Waals surface area contributed by atoms with Gasteiger partial charge in [-0.05, 0) is 45.3 Å². The number of hydrogen-bond acceptors (Lipinski definition) is 3. The first-order valence-electron chi connectivity index (χ1n) is 8.23. The minimum atomic E-state index is 0.335. The van der Waals surface area contributed by atoms with Crippen LogP contribution in [0, 0.1) is 11.3 Å². The van der Waals surface area contributed by atoms with Crippen molar-refractivity contribution in [2.75, 3.05) is 26.2 Å². The molecule has 2 saturated heterocycles. The highest BCUT2D eigenvalue weighted by molar-refractivity contribution is 5.12. The van der Waals surface area contributed by atoms with Crippen molar-refractivity contribution in [1.29, 1.82) is 0 Å². The average molecular weight is 266 g/mol. The molecule has 1 saturated carbocycles. The molecule has 110 valence electrons. The Hall–Kier alpha value is -0.120. The fraction of sp³-hybridized carbons (Fsp3) is 1.00. The normalized spacial score (nSPS) is 39.0. The SMILES string of the molecule is CCCN1CCC(N[C@@H]2[C@@H]3CCO[C@H]3C2(C)C)CC1. The van der Waals surface area contributed by atoms with Crippen molar-refractivity contribution in [1.82, 2.24) is 10.2 Å². The Morgan fingerprint density at radius 1 is 1.21 bits per heavy atom. The number of hydrogen-bond donors (Lipinski definition) is 1. The molecule has 19 heavy (non-hydrogen) atoms. The minimum Gasteiger partial charge on any atom is -0.377 e. The Bertz CT molecular complexity index is 310. The summed E-state index contributed by atoms with van der Waals surface area (Å²) >= 11 is 0. The van der Waals surface area contributed by atoms with Crippen LogP contribution in [0.1, 0.15) is 46.5 Å². The van der Waals surface area contributed by atoms with Crippen LogP contribution in [0.25, 0.3) is 0 Å². The zero-order valence-corrected chi connectivity index (χ0v) is 12.8. The van der Waals surface area contributed by atoms with Gasteiger partial charge in [0.15, 0.2) is 0 Å². The Kier molecular flexibility index (Phi) is 3.89. The van der Waals surface area contributed by atoms with Gasteiger partial charge in [0.25, 0.3) is 0 Å². The molecule has 2 heterocycles. The van der Waals surface area contributed by atoms with Crippen molar-refractivity contribution in [2.45, 2.75) is 64.6 Å². The number of fused-ring (bicyclic) bond motifs is 1. The highest BCUT2D eigenvalue weighted by Crippen LogP contribution is 2.52. The van der Waals surface area contributed by atoms with Crippen LogP contribution in [-0.4, -0.2) is 49.3 Å². The molecular formula is C16H30N2O. The van der Waals surface area contributed by atoms with E-state index in [0.29, 0.717) is 17.6 Å². The third-order valence-corrected chi connectivity index (χ3v) is 5.64. The summed E-state index contributed by atoms with van der Waals surface area (Å²) in [6.07, 6.45) is 5.72. The summed E-state index contributed by atoms with van der Waals surface area (Å²) in [5.41, 5.74) is 0.335. The van der Waals surface area contributed by atoms with Gasteiger partial charge in [0.1, 0.15) is 0 Å². The van der Waals surface area contributed by atoms with E-state index < -0.39 is 0 Å². The maximum absolute atomic E-state index is 5.89. The second-order valence-corrected chi connectivity index (χ2v) is 7.33. The lowest BCUT2D eigenvalue weighted by Gasteiger charge is -2.56. The van der Waals surface area contributed by atoms with Crippen LogP contribution in [0.15, 0.2) is 0 Å². The highest BCUT2D eigenvalue weighted by atomic mass is 16.5. The van der Waals surface area contributed by atoms with Crippen LogP contribution in [0.2, 0.25) is 0 Å². The number of rotatable bonds is 4. The van der Waals surface area contributed by atoms with E-state index in [1.54, 1.807) is 0 Å². The van der Waals surface area contributed by atoms with E-state index in [9.17, 15) is 0 Å². The van der Waals surface area contributed by atoms with Crippen molar-refractivity contribution < 1.29 is 4.74 Å². The van der Waals surface area contributed by atoms with E-state index >= 15 is 0 Å². The monoisotopic (exact) mass is 266 g/mol. The maximum atomic E-state index is 5.89. The fourth-order valence-electron chi connectivity index (χ4n) is 4.56. The molecule has 3 rings (SSSR count). The zero-order chi connectivity index (χ0) is 13.5. The lowest BCUT2D eigenvalue weighted by Crippen LogP contribution is -2.67. The summed E-state index contributed by atoms with van der Waals surface area (Å²) in [6, 6.07) is 1.42. The molecule has 0 aromatic carbocycles.